The molecule has 3 aromatic rings. The Balaban J connectivity index is 1.87. The minimum absolute atomic E-state index is 0.162. The third-order valence-corrected chi connectivity index (χ3v) is 5.26. The van der Waals surface area contributed by atoms with Gasteiger partial charge in [0.25, 0.3) is 0 Å². The van der Waals surface area contributed by atoms with Crippen LogP contribution >= 0.6 is 23.1 Å². The highest BCUT2D eigenvalue weighted by Gasteiger charge is 2.09. The Labute approximate surface area is 125 Å². The average Bonchev–Trinajstić information content (AvgIpc) is 2.90. The lowest BCUT2D eigenvalue weighted by Crippen LogP contribution is -1.88. The highest BCUT2D eigenvalue weighted by atomic mass is 32.2. The summed E-state index contributed by atoms with van der Waals surface area (Å²) in [5.41, 5.74) is 0.704. The van der Waals surface area contributed by atoms with E-state index in [9.17, 15) is 4.39 Å². The van der Waals surface area contributed by atoms with E-state index in [1.54, 1.807) is 35.5 Å². The molecule has 0 spiro atoms. The molecule has 0 aliphatic rings. The molecule has 1 aromatic carbocycles. The van der Waals surface area contributed by atoms with Gasteiger partial charge in [-0.3, -0.25) is 0 Å². The topological polar surface area (TPSA) is 25.8 Å². The second-order valence-corrected chi connectivity index (χ2v) is 6.42. The molecule has 0 radical (unpaired) electrons. The van der Waals surface area contributed by atoms with Crippen LogP contribution in [0.25, 0.3) is 10.2 Å². The number of hydrogen-bond donors (Lipinski definition) is 0. The first-order valence-electron chi connectivity index (χ1n) is 6.37. The zero-order chi connectivity index (χ0) is 13.9. The summed E-state index contributed by atoms with van der Waals surface area (Å²) in [5, 5.41) is 2.00. The van der Waals surface area contributed by atoms with Crippen molar-refractivity contribution >= 4 is 33.3 Å². The fourth-order valence-electron chi connectivity index (χ4n) is 1.93. The number of hydrogen-bond acceptors (Lipinski definition) is 4. The molecule has 2 aromatic heterocycles. The summed E-state index contributed by atoms with van der Waals surface area (Å²) >= 11 is 3.25. The van der Waals surface area contributed by atoms with Gasteiger partial charge < -0.3 is 0 Å². The van der Waals surface area contributed by atoms with Gasteiger partial charge in [-0.25, -0.2) is 14.4 Å². The predicted molar refractivity (Wildman–Crippen MR) is 82.8 cm³/mol. The first-order valence-corrected chi connectivity index (χ1v) is 8.17. The van der Waals surface area contributed by atoms with Gasteiger partial charge in [0.1, 0.15) is 22.0 Å². The van der Waals surface area contributed by atoms with Crippen LogP contribution in [0.5, 0.6) is 0 Å². The molecule has 102 valence electrons. The zero-order valence-corrected chi connectivity index (χ0v) is 12.6. The molecule has 3 rings (SSSR count). The summed E-state index contributed by atoms with van der Waals surface area (Å²) < 4.78 is 13.6. The van der Waals surface area contributed by atoms with Gasteiger partial charge in [-0.1, -0.05) is 25.1 Å². The van der Waals surface area contributed by atoms with Crippen molar-refractivity contribution in [1.82, 2.24) is 9.97 Å². The van der Waals surface area contributed by atoms with Gasteiger partial charge in [-0.2, -0.15) is 0 Å². The van der Waals surface area contributed by atoms with Gasteiger partial charge in [-0.05, 0) is 24.1 Å². The van der Waals surface area contributed by atoms with Crippen molar-refractivity contribution < 1.29 is 4.39 Å². The Morgan fingerprint density at radius 3 is 2.90 bits per heavy atom. The molecule has 2 nitrogen and oxygen atoms in total. The van der Waals surface area contributed by atoms with Crippen molar-refractivity contribution in [2.75, 3.05) is 0 Å². The largest absolute Gasteiger partial charge is 0.229 e. The van der Waals surface area contributed by atoms with Gasteiger partial charge in [0.2, 0.25) is 0 Å². The van der Waals surface area contributed by atoms with Crippen LogP contribution in [0.15, 0.2) is 41.7 Å². The van der Waals surface area contributed by atoms with E-state index in [1.165, 1.54) is 10.9 Å². The summed E-state index contributed by atoms with van der Waals surface area (Å²) in [6, 6.07) is 9.01. The number of thiophene rings is 1. The summed E-state index contributed by atoms with van der Waals surface area (Å²) in [5.74, 6) is 0.417. The second-order valence-electron chi connectivity index (χ2n) is 4.34. The van der Waals surface area contributed by atoms with Gasteiger partial charge in [0, 0.05) is 16.0 Å². The third-order valence-electron chi connectivity index (χ3n) is 3.01. The van der Waals surface area contributed by atoms with E-state index in [-0.39, 0.29) is 5.82 Å². The maximum absolute atomic E-state index is 13.6. The highest BCUT2D eigenvalue weighted by molar-refractivity contribution is 7.98. The lowest BCUT2D eigenvalue weighted by atomic mass is 10.2. The fraction of sp³-hybridized carbons (Fsp3) is 0.200. The standard InChI is InChI=1S/C15H13FN2S2/c1-2-11-7-12-14(17-9-18-15(12)20-11)19-8-10-5-3-4-6-13(10)16/h3-7,9H,2,8H2,1H3. The molecule has 0 aliphatic heterocycles. The van der Waals surface area contributed by atoms with E-state index in [2.05, 4.69) is 23.0 Å². The normalized spacial score (nSPS) is 11.1. The molecule has 0 fully saturated rings. The molecule has 20 heavy (non-hydrogen) atoms. The SMILES string of the molecule is CCc1cc2c(SCc3ccccc3F)ncnc2s1. The van der Waals surface area contributed by atoms with Crippen molar-refractivity contribution in [3.8, 4) is 0 Å². The lowest BCUT2D eigenvalue weighted by Gasteiger charge is -2.03. The molecule has 0 unspecified atom stereocenters. The summed E-state index contributed by atoms with van der Waals surface area (Å²) in [7, 11) is 0. The molecular formula is C15H13FN2S2. The number of thioether (sulfide) groups is 1. The fourth-order valence-corrected chi connectivity index (χ4v) is 3.89. The molecule has 0 aliphatic carbocycles. The Morgan fingerprint density at radius 2 is 2.10 bits per heavy atom. The molecule has 5 heteroatoms. The quantitative estimate of drug-likeness (QED) is 0.517. The van der Waals surface area contributed by atoms with Crippen LogP contribution in [0, 0.1) is 5.82 Å². The number of nitrogens with zero attached hydrogens (tertiary/aromatic N) is 2. The van der Waals surface area contributed by atoms with Gasteiger partial charge in [0.05, 0.1) is 0 Å². The van der Waals surface area contributed by atoms with E-state index in [0.29, 0.717) is 11.3 Å². The van der Waals surface area contributed by atoms with E-state index < -0.39 is 0 Å². The van der Waals surface area contributed by atoms with Crippen molar-refractivity contribution in [1.29, 1.82) is 0 Å². The van der Waals surface area contributed by atoms with Crippen LogP contribution in [0.4, 0.5) is 4.39 Å². The Kier molecular flexibility index (Phi) is 3.98. The molecule has 0 atom stereocenters. The van der Waals surface area contributed by atoms with Gasteiger partial charge in [-0.15, -0.1) is 23.1 Å². The summed E-state index contributed by atoms with van der Waals surface area (Å²) in [4.78, 5) is 10.9. The number of aryl methyl sites for hydroxylation is 1. The predicted octanol–water partition coefficient (Wildman–Crippen LogP) is 4.69. The molecule has 0 saturated heterocycles. The number of fused-ring (bicyclic) bond motifs is 1. The van der Waals surface area contributed by atoms with Crippen molar-refractivity contribution in [2.24, 2.45) is 0 Å². The van der Waals surface area contributed by atoms with Crippen molar-refractivity contribution in [3.63, 3.8) is 0 Å². The van der Waals surface area contributed by atoms with E-state index in [0.717, 1.165) is 21.7 Å². The Hall–Kier alpha value is -1.46. The Bertz CT molecular complexity index is 740. The van der Waals surface area contributed by atoms with Crippen molar-refractivity contribution in [2.45, 2.75) is 24.1 Å². The maximum Gasteiger partial charge on any atom is 0.128 e. The smallest absolute Gasteiger partial charge is 0.128 e. The number of halogens is 1. The molecule has 0 saturated carbocycles. The van der Waals surface area contributed by atoms with Crippen LogP contribution in [-0.2, 0) is 12.2 Å². The third kappa shape index (κ3) is 2.69. The van der Waals surface area contributed by atoms with Crippen LogP contribution in [0.1, 0.15) is 17.4 Å². The second kappa shape index (κ2) is 5.89. The summed E-state index contributed by atoms with van der Waals surface area (Å²) in [6.07, 6.45) is 2.58. The van der Waals surface area contributed by atoms with E-state index in [1.807, 2.05) is 12.1 Å². The van der Waals surface area contributed by atoms with Crippen molar-refractivity contribution in [3.05, 3.63) is 52.9 Å². The average molecular weight is 304 g/mol. The van der Waals surface area contributed by atoms with Gasteiger partial charge >= 0.3 is 0 Å². The minimum atomic E-state index is -0.162. The van der Waals surface area contributed by atoms with Crippen LogP contribution in [-0.4, -0.2) is 9.97 Å². The lowest BCUT2D eigenvalue weighted by molar-refractivity contribution is 0.617. The zero-order valence-electron chi connectivity index (χ0n) is 11.0. The molecule has 0 bridgehead atoms. The summed E-state index contributed by atoms with van der Waals surface area (Å²) in [6.45, 7) is 2.13. The van der Waals surface area contributed by atoms with E-state index >= 15 is 0 Å². The maximum atomic E-state index is 13.6. The molecule has 0 N–H and O–H groups in total. The number of benzene rings is 1. The first kappa shape index (κ1) is 13.5. The number of rotatable bonds is 4. The Morgan fingerprint density at radius 1 is 1.25 bits per heavy atom. The minimum Gasteiger partial charge on any atom is -0.229 e. The first-order chi connectivity index (χ1) is 9.78. The molecular weight excluding hydrogens is 291 g/mol. The highest BCUT2D eigenvalue weighted by Crippen LogP contribution is 2.32. The molecule has 0 amide bonds. The van der Waals surface area contributed by atoms with E-state index in [4.69, 9.17) is 0 Å². The van der Waals surface area contributed by atoms with Gasteiger partial charge in [0.15, 0.2) is 0 Å². The van der Waals surface area contributed by atoms with Crippen LogP contribution < -0.4 is 0 Å². The molecule has 2 heterocycles. The monoisotopic (exact) mass is 304 g/mol. The number of aromatic nitrogens is 2. The van der Waals surface area contributed by atoms with Crippen LogP contribution in [0.2, 0.25) is 0 Å². The van der Waals surface area contributed by atoms with Crippen LogP contribution in [0.3, 0.4) is 0 Å².